The number of ether oxygens (including phenoxy) is 3. The number of carboxylic acid groups (broad SMARTS) is 1. The molecule has 3 aromatic rings. The molecule has 0 spiro atoms. The molecule has 12 nitrogen and oxygen atoms in total. The van der Waals surface area contributed by atoms with Crippen LogP contribution in [-0.2, 0) is 11.5 Å². The SMILES string of the molecule is COc1cc(OCC2CC2)c(-c2ncnc3c(C(=O)NC4CCN(C(=O)O)CC4O)c(C)n(COCC[Si](C)(C)C)c23)cc1F. The lowest BCUT2D eigenvalue weighted by atomic mass is 10.0. The molecule has 5 rings (SSSR count). The number of nitrogens with one attached hydrogen (secondary N) is 1. The Morgan fingerprint density at radius 1 is 1.16 bits per heavy atom. The topological polar surface area (TPSA) is 148 Å². The summed E-state index contributed by atoms with van der Waals surface area (Å²) in [5.41, 5.74) is 2.42. The Bertz CT molecular complexity index is 1570. The van der Waals surface area contributed by atoms with E-state index in [4.69, 9.17) is 14.2 Å². The first kappa shape index (κ1) is 32.6. The van der Waals surface area contributed by atoms with Crippen LogP contribution >= 0.6 is 0 Å². The average molecular weight is 644 g/mol. The first-order valence-electron chi connectivity index (χ1n) is 15.3. The molecule has 3 heterocycles. The maximum absolute atomic E-state index is 15.2. The zero-order valence-electron chi connectivity index (χ0n) is 26.4. The smallest absolute Gasteiger partial charge is 0.407 e. The van der Waals surface area contributed by atoms with Crippen LogP contribution in [0.3, 0.4) is 0 Å². The van der Waals surface area contributed by atoms with Gasteiger partial charge in [0.15, 0.2) is 11.6 Å². The number of β-amino-alcohol motifs (C(OH)–C–C–N with tert-alkyl or cyclic N) is 1. The highest BCUT2D eigenvalue weighted by Gasteiger charge is 2.33. The number of hydrogen-bond donors (Lipinski definition) is 3. The van der Waals surface area contributed by atoms with Gasteiger partial charge >= 0.3 is 6.09 Å². The number of aliphatic hydroxyl groups is 1. The molecule has 2 aliphatic rings. The first-order valence-corrected chi connectivity index (χ1v) is 19.0. The second-order valence-corrected chi connectivity index (χ2v) is 18.7. The zero-order valence-corrected chi connectivity index (χ0v) is 27.4. The van der Waals surface area contributed by atoms with Crippen LogP contribution in [0.4, 0.5) is 9.18 Å². The Hall–Kier alpha value is -3.75. The molecule has 2 fully saturated rings. The van der Waals surface area contributed by atoms with Gasteiger partial charge < -0.3 is 39.2 Å². The number of hydrogen-bond acceptors (Lipinski definition) is 8. The summed E-state index contributed by atoms with van der Waals surface area (Å²) >= 11 is 0. The van der Waals surface area contributed by atoms with Crippen LogP contribution in [0.5, 0.6) is 11.5 Å². The van der Waals surface area contributed by atoms with E-state index in [9.17, 15) is 19.8 Å². The number of piperidine rings is 1. The molecule has 1 saturated heterocycles. The number of carbonyl (C=O) groups excluding carboxylic acids is 1. The predicted octanol–water partition coefficient (Wildman–Crippen LogP) is 4.50. The molecule has 1 aromatic carbocycles. The minimum Gasteiger partial charge on any atom is -0.494 e. The van der Waals surface area contributed by atoms with Crippen LogP contribution in [0.15, 0.2) is 18.5 Å². The molecule has 2 aromatic heterocycles. The summed E-state index contributed by atoms with van der Waals surface area (Å²) in [6.07, 6.45) is 1.54. The van der Waals surface area contributed by atoms with Gasteiger partial charge in [-0.1, -0.05) is 19.6 Å². The second kappa shape index (κ2) is 13.3. The van der Waals surface area contributed by atoms with Crippen molar-refractivity contribution < 1.29 is 38.4 Å². The van der Waals surface area contributed by atoms with E-state index >= 15 is 4.39 Å². The Kier molecular flexibility index (Phi) is 9.65. The maximum atomic E-state index is 15.2. The fraction of sp³-hybridized carbons (Fsp3) is 0.548. The van der Waals surface area contributed by atoms with E-state index in [0.717, 1.165) is 23.8 Å². The standard InChI is InChI=1S/C31H42FN5O7Si/c1-18-26(30(39)35-22-8-9-36(31(40)41)14-23(22)38)28-29(37(18)17-43-10-11-45(3,4)5)27(33-16-34-28)20-12-21(32)25(42-2)13-24(20)44-15-19-6-7-19/h12-13,16,19,22-23,38H,6-11,14-15,17H2,1-5H3,(H,35,39)(H,40,41). The van der Waals surface area contributed by atoms with E-state index in [1.165, 1.54) is 25.6 Å². The van der Waals surface area contributed by atoms with Crippen molar-refractivity contribution in [3.8, 4) is 22.8 Å². The van der Waals surface area contributed by atoms with Crippen LogP contribution in [0.25, 0.3) is 22.3 Å². The molecule has 244 valence electrons. The molecule has 2 unspecified atom stereocenters. The van der Waals surface area contributed by atoms with Gasteiger partial charge in [-0.05, 0) is 44.2 Å². The lowest BCUT2D eigenvalue weighted by molar-refractivity contribution is 0.0391. The fourth-order valence-corrected chi connectivity index (χ4v) is 6.21. The van der Waals surface area contributed by atoms with E-state index in [2.05, 4.69) is 34.9 Å². The molecular weight excluding hydrogens is 601 g/mol. The molecule has 1 saturated carbocycles. The predicted molar refractivity (Wildman–Crippen MR) is 168 cm³/mol. The van der Waals surface area contributed by atoms with Crippen molar-refractivity contribution in [2.75, 3.05) is 33.4 Å². The van der Waals surface area contributed by atoms with Crippen molar-refractivity contribution in [3.05, 3.63) is 35.5 Å². The summed E-state index contributed by atoms with van der Waals surface area (Å²) in [5.74, 6) is -0.160. The molecular formula is C31H42FN5O7Si. The lowest BCUT2D eigenvalue weighted by Gasteiger charge is -2.34. The fourth-order valence-electron chi connectivity index (χ4n) is 5.46. The van der Waals surface area contributed by atoms with Crippen molar-refractivity contribution >= 4 is 31.1 Å². The van der Waals surface area contributed by atoms with Crippen LogP contribution in [0.1, 0.15) is 35.3 Å². The number of carbonyl (C=O) groups is 2. The van der Waals surface area contributed by atoms with E-state index in [1.54, 1.807) is 6.92 Å². The van der Waals surface area contributed by atoms with E-state index in [-0.39, 0.29) is 37.6 Å². The zero-order chi connectivity index (χ0) is 32.5. The van der Waals surface area contributed by atoms with E-state index in [1.807, 2.05) is 4.57 Å². The number of nitrogens with zero attached hydrogens (tertiary/aromatic N) is 4. The highest BCUT2D eigenvalue weighted by molar-refractivity contribution is 6.76. The number of amides is 2. The summed E-state index contributed by atoms with van der Waals surface area (Å²) in [5, 5.41) is 22.8. The number of likely N-dealkylation sites (tertiary alicyclic amines) is 1. The third kappa shape index (κ3) is 7.39. The third-order valence-corrected chi connectivity index (χ3v) is 10.1. The number of benzene rings is 1. The number of halogens is 1. The lowest BCUT2D eigenvalue weighted by Crippen LogP contribution is -2.55. The molecule has 1 aliphatic carbocycles. The largest absolute Gasteiger partial charge is 0.494 e. The van der Waals surface area contributed by atoms with Gasteiger partial charge in [0, 0.05) is 38.5 Å². The number of aromatic nitrogens is 3. The Morgan fingerprint density at radius 3 is 2.56 bits per heavy atom. The quantitative estimate of drug-likeness (QED) is 0.192. The van der Waals surface area contributed by atoms with Crippen molar-refractivity contribution in [1.29, 1.82) is 0 Å². The summed E-state index contributed by atoms with van der Waals surface area (Å²) < 4.78 is 34.6. The van der Waals surface area contributed by atoms with Gasteiger partial charge in [-0.15, -0.1) is 0 Å². The van der Waals surface area contributed by atoms with E-state index in [0.29, 0.717) is 52.9 Å². The normalized spacial score (nSPS) is 18.7. The van der Waals surface area contributed by atoms with Crippen LogP contribution in [-0.4, -0.2) is 95.3 Å². The van der Waals surface area contributed by atoms with Gasteiger partial charge in [0.05, 0.1) is 43.5 Å². The van der Waals surface area contributed by atoms with Gasteiger partial charge in [0.2, 0.25) is 0 Å². The van der Waals surface area contributed by atoms with Gasteiger partial charge in [0.1, 0.15) is 30.0 Å². The first-order chi connectivity index (χ1) is 21.4. The highest BCUT2D eigenvalue weighted by Crippen LogP contribution is 2.40. The van der Waals surface area contributed by atoms with E-state index < -0.39 is 38.0 Å². The maximum Gasteiger partial charge on any atom is 0.407 e. The second-order valence-electron chi connectivity index (χ2n) is 13.1. The summed E-state index contributed by atoms with van der Waals surface area (Å²) in [4.78, 5) is 35.4. The molecule has 14 heteroatoms. The Labute approximate surface area is 262 Å². The van der Waals surface area contributed by atoms with Crippen molar-refractivity contribution in [2.24, 2.45) is 5.92 Å². The molecule has 1 aliphatic heterocycles. The summed E-state index contributed by atoms with van der Waals surface area (Å²) in [6.45, 7) is 9.76. The molecule has 3 N–H and O–H groups in total. The van der Waals surface area contributed by atoms with Crippen LogP contribution in [0, 0.1) is 18.7 Å². The van der Waals surface area contributed by atoms with Crippen molar-refractivity contribution in [1.82, 2.24) is 24.8 Å². The van der Waals surface area contributed by atoms with Gasteiger partial charge in [-0.25, -0.2) is 19.2 Å². The number of fused-ring (bicyclic) bond motifs is 1. The Balaban J connectivity index is 1.56. The number of aliphatic hydroxyl groups excluding tert-OH is 1. The highest BCUT2D eigenvalue weighted by atomic mass is 28.3. The van der Waals surface area contributed by atoms with Crippen molar-refractivity contribution in [3.63, 3.8) is 0 Å². The minimum atomic E-state index is -1.38. The molecule has 45 heavy (non-hydrogen) atoms. The van der Waals surface area contributed by atoms with Crippen LogP contribution < -0.4 is 14.8 Å². The molecule has 2 amide bonds. The van der Waals surface area contributed by atoms with Crippen LogP contribution in [0.2, 0.25) is 25.7 Å². The molecule has 2 atom stereocenters. The Morgan fingerprint density at radius 2 is 1.91 bits per heavy atom. The van der Waals surface area contributed by atoms with Gasteiger partial charge in [-0.2, -0.15) is 0 Å². The average Bonchev–Trinajstić information content (AvgIpc) is 3.77. The number of methoxy groups -OCH3 is 1. The van der Waals surface area contributed by atoms with Gasteiger partial charge in [0.25, 0.3) is 5.91 Å². The van der Waals surface area contributed by atoms with Gasteiger partial charge in [-0.3, -0.25) is 4.79 Å². The third-order valence-electron chi connectivity index (χ3n) is 8.39. The van der Waals surface area contributed by atoms with Crippen molar-refractivity contribution in [2.45, 2.75) is 70.7 Å². The molecule has 0 bridgehead atoms. The minimum absolute atomic E-state index is 0.0451. The molecule has 0 radical (unpaired) electrons. The summed E-state index contributed by atoms with van der Waals surface area (Å²) in [6, 6.07) is 3.13. The summed E-state index contributed by atoms with van der Waals surface area (Å²) in [7, 11) is 0.0182. The number of rotatable bonds is 12. The monoisotopic (exact) mass is 643 g/mol.